The largest absolute Gasteiger partial charge is 0.378 e. The molecule has 36 heavy (non-hydrogen) atoms. The molecule has 0 heterocycles. The van der Waals surface area contributed by atoms with Gasteiger partial charge in [0.1, 0.15) is 6.07 Å². The van der Waals surface area contributed by atoms with Crippen LogP contribution in [-0.2, 0) is 0 Å². The van der Waals surface area contributed by atoms with E-state index in [-0.39, 0.29) is 0 Å². The Morgan fingerprint density at radius 1 is 0.667 bits per heavy atom. The SMILES string of the molecule is C#CN(C#C)c1ccc(C=Cc2ccc3cc(C=Cc4ccc(N(C)C)cc4)ccc3c2C#N)cc1. The first-order chi connectivity index (χ1) is 17.5. The lowest BCUT2D eigenvalue weighted by molar-refractivity contribution is 1.13. The fourth-order valence-electron chi connectivity index (χ4n) is 3.92. The molecule has 0 aliphatic rings. The number of fused-ring (bicyclic) bond motifs is 1. The van der Waals surface area contributed by atoms with Crippen LogP contribution in [0.25, 0.3) is 35.1 Å². The van der Waals surface area contributed by atoms with Crippen LogP contribution in [0, 0.1) is 36.3 Å². The minimum Gasteiger partial charge on any atom is -0.378 e. The number of rotatable bonds is 6. The Balaban J connectivity index is 1.56. The van der Waals surface area contributed by atoms with Crippen molar-refractivity contribution in [2.45, 2.75) is 0 Å². The van der Waals surface area contributed by atoms with Crippen LogP contribution in [0.1, 0.15) is 27.8 Å². The van der Waals surface area contributed by atoms with Crippen molar-refractivity contribution in [1.29, 1.82) is 5.26 Å². The molecule has 0 aliphatic heterocycles. The van der Waals surface area contributed by atoms with Crippen molar-refractivity contribution in [2.24, 2.45) is 0 Å². The molecule has 0 atom stereocenters. The molecule has 0 radical (unpaired) electrons. The van der Waals surface area contributed by atoms with E-state index in [4.69, 9.17) is 12.8 Å². The highest BCUT2D eigenvalue weighted by atomic mass is 15.1. The van der Waals surface area contributed by atoms with E-state index >= 15 is 0 Å². The minimum atomic E-state index is 0.654. The number of nitrogens with zero attached hydrogens (tertiary/aromatic N) is 3. The summed E-state index contributed by atoms with van der Waals surface area (Å²) in [5.41, 5.74) is 6.65. The van der Waals surface area contributed by atoms with E-state index in [0.717, 1.165) is 38.7 Å². The fourth-order valence-corrected chi connectivity index (χ4v) is 3.92. The summed E-state index contributed by atoms with van der Waals surface area (Å²) in [7, 11) is 4.06. The normalized spacial score (nSPS) is 10.8. The van der Waals surface area contributed by atoms with Crippen LogP contribution >= 0.6 is 0 Å². The molecule has 0 fully saturated rings. The molecule has 0 saturated carbocycles. The van der Waals surface area contributed by atoms with Gasteiger partial charge in [0.25, 0.3) is 0 Å². The van der Waals surface area contributed by atoms with E-state index in [9.17, 15) is 5.26 Å². The van der Waals surface area contributed by atoms with Crippen molar-refractivity contribution in [3.05, 3.63) is 107 Å². The maximum Gasteiger partial charge on any atom is 0.100 e. The van der Waals surface area contributed by atoms with Crippen molar-refractivity contribution in [1.82, 2.24) is 0 Å². The topological polar surface area (TPSA) is 30.3 Å². The van der Waals surface area contributed by atoms with Crippen LogP contribution < -0.4 is 9.80 Å². The number of nitriles is 1. The van der Waals surface area contributed by atoms with Gasteiger partial charge in [0.2, 0.25) is 0 Å². The third-order valence-corrected chi connectivity index (χ3v) is 5.93. The summed E-state index contributed by atoms with van der Waals surface area (Å²) in [5, 5.41) is 11.9. The van der Waals surface area contributed by atoms with Gasteiger partial charge >= 0.3 is 0 Å². The van der Waals surface area contributed by atoms with Crippen LogP contribution in [0.15, 0.2) is 78.9 Å². The molecule has 3 heteroatoms. The molecule has 4 rings (SSSR count). The van der Waals surface area contributed by atoms with E-state index < -0.39 is 0 Å². The fraction of sp³-hybridized carbons (Fsp3) is 0.0606. The highest BCUT2D eigenvalue weighted by Crippen LogP contribution is 2.26. The van der Waals surface area contributed by atoms with Gasteiger partial charge in [-0.3, -0.25) is 0 Å². The number of terminal acetylenes is 2. The summed E-state index contributed by atoms with van der Waals surface area (Å²) in [6.07, 6.45) is 19.0. The lowest BCUT2D eigenvalue weighted by Crippen LogP contribution is -2.07. The van der Waals surface area contributed by atoms with Gasteiger partial charge in [-0.1, -0.05) is 85.7 Å². The van der Waals surface area contributed by atoms with Gasteiger partial charge in [0.05, 0.1) is 11.3 Å². The second-order valence-corrected chi connectivity index (χ2v) is 8.46. The zero-order chi connectivity index (χ0) is 25.5. The molecule has 0 N–H and O–H groups in total. The van der Waals surface area contributed by atoms with Crippen LogP contribution in [-0.4, -0.2) is 14.1 Å². The van der Waals surface area contributed by atoms with Gasteiger partial charge in [0, 0.05) is 37.3 Å². The van der Waals surface area contributed by atoms with Gasteiger partial charge in [-0.25, -0.2) is 4.90 Å². The number of benzene rings is 4. The zero-order valence-corrected chi connectivity index (χ0v) is 20.3. The van der Waals surface area contributed by atoms with Crippen molar-refractivity contribution in [2.75, 3.05) is 23.9 Å². The standard InChI is InChI=1S/C33H25N3/c1-5-36(6-2)31-20-12-26(13-21-31)9-15-28-16-17-29-23-27(14-22-32(29)33(28)24-34)8-7-25-10-18-30(19-11-25)35(3)4/h1-2,7-23H,3-4H3. The smallest absolute Gasteiger partial charge is 0.100 e. The van der Waals surface area contributed by atoms with E-state index in [0.29, 0.717) is 5.56 Å². The Kier molecular flexibility index (Phi) is 7.22. The maximum atomic E-state index is 9.90. The Labute approximate surface area is 213 Å². The van der Waals surface area contributed by atoms with E-state index in [1.54, 1.807) is 0 Å². The summed E-state index contributed by atoms with van der Waals surface area (Å²) in [4.78, 5) is 3.46. The highest BCUT2D eigenvalue weighted by Gasteiger charge is 2.06. The highest BCUT2D eigenvalue weighted by molar-refractivity contribution is 5.94. The summed E-state index contributed by atoms with van der Waals surface area (Å²) in [6.45, 7) is 0. The van der Waals surface area contributed by atoms with Crippen molar-refractivity contribution < 1.29 is 0 Å². The Morgan fingerprint density at radius 2 is 1.22 bits per heavy atom. The molecule has 0 aromatic heterocycles. The number of hydrogen-bond donors (Lipinski definition) is 0. The number of anilines is 2. The number of hydrogen-bond acceptors (Lipinski definition) is 3. The van der Waals surface area contributed by atoms with Gasteiger partial charge < -0.3 is 4.90 Å². The first-order valence-electron chi connectivity index (χ1n) is 11.5. The lowest BCUT2D eigenvalue weighted by atomic mass is 9.97. The predicted molar refractivity (Wildman–Crippen MR) is 154 cm³/mol. The minimum absolute atomic E-state index is 0.654. The summed E-state index contributed by atoms with van der Waals surface area (Å²) in [6, 6.07) is 33.5. The van der Waals surface area contributed by atoms with E-state index in [2.05, 4.69) is 71.6 Å². The van der Waals surface area contributed by atoms with Gasteiger partial charge in [-0.05, 0) is 58.0 Å². The van der Waals surface area contributed by atoms with Crippen LogP contribution in [0.4, 0.5) is 11.4 Å². The molecule has 3 nitrogen and oxygen atoms in total. The average molecular weight is 464 g/mol. The first-order valence-corrected chi connectivity index (χ1v) is 11.5. The predicted octanol–water partition coefficient (Wildman–Crippen LogP) is 7.11. The molecule has 4 aromatic carbocycles. The molecule has 0 amide bonds. The third-order valence-electron chi connectivity index (χ3n) is 5.93. The van der Waals surface area contributed by atoms with E-state index in [1.807, 2.05) is 68.7 Å². The second kappa shape index (κ2) is 10.8. The molecule has 4 aromatic rings. The Hall–Kier alpha value is -5.17. The van der Waals surface area contributed by atoms with Gasteiger partial charge in [0.15, 0.2) is 0 Å². The molecular weight excluding hydrogens is 438 g/mol. The lowest BCUT2D eigenvalue weighted by Gasteiger charge is -2.11. The van der Waals surface area contributed by atoms with Gasteiger partial charge in [-0.2, -0.15) is 5.26 Å². The Bertz CT molecular complexity index is 1550. The first kappa shape index (κ1) is 24.0. The molecule has 0 saturated heterocycles. The molecular formula is C33H25N3. The summed E-state index contributed by atoms with van der Waals surface area (Å²) < 4.78 is 0. The van der Waals surface area contributed by atoms with Crippen LogP contribution in [0.5, 0.6) is 0 Å². The Morgan fingerprint density at radius 3 is 1.81 bits per heavy atom. The van der Waals surface area contributed by atoms with Crippen LogP contribution in [0.2, 0.25) is 0 Å². The molecule has 172 valence electrons. The molecule has 0 bridgehead atoms. The molecule has 0 aliphatic carbocycles. The van der Waals surface area contributed by atoms with Gasteiger partial charge in [-0.15, -0.1) is 0 Å². The van der Waals surface area contributed by atoms with Crippen molar-refractivity contribution in [3.8, 4) is 31.0 Å². The van der Waals surface area contributed by atoms with Crippen molar-refractivity contribution in [3.63, 3.8) is 0 Å². The zero-order valence-electron chi connectivity index (χ0n) is 20.3. The summed E-state index contributed by atoms with van der Waals surface area (Å²) >= 11 is 0. The second-order valence-electron chi connectivity index (χ2n) is 8.46. The molecule has 0 spiro atoms. The van der Waals surface area contributed by atoms with E-state index in [1.165, 1.54) is 10.6 Å². The monoisotopic (exact) mass is 463 g/mol. The van der Waals surface area contributed by atoms with Crippen LogP contribution in [0.3, 0.4) is 0 Å². The summed E-state index contributed by atoms with van der Waals surface area (Å²) in [5.74, 6) is 0. The average Bonchev–Trinajstić information content (AvgIpc) is 2.91. The third kappa shape index (κ3) is 5.31. The van der Waals surface area contributed by atoms with Crippen molar-refractivity contribution >= 4 is 46.5 Å². The maximum absolute atomic E-state index is 9.90. The quantitative estimate of drug-likeness (QED) is 0.173. The molecule has 0 unspecified atom stereocenters.